The minimum atomic E-state index is -0.693. The van der Waals surface area contributed by atoms with Crippen LogP contribution >= 0.6 is 11.8 Å². The molecule has 1 aliphatic carbocycles. The highest BCUT2D eigenvalue weighted by Gasteiger charge is 2.41. The lowest BCUT2D eigenvalue weighted by Crippen LogP contribution is -2.45. The van der Waals surface area contributed by atoms with Crippen LogP contribution in [0.2, 0.25) is 0 Å². The molecule has 3 nitrogen and oxygen atoms in total. The zero-order valence-electron chi connectivity index (χ0n) is 9.00. The summed E-state index contributed by atoms with van der Waals surface area (Å²) < 4.78 is 0. The molecule has 0 unspecified atom stereocenters. The van der Waals surface area contributed by atoms with Crippen LogP contribution in [0.25, 0.3) is 0 Å². The average molecular weight is 229 g/mol. The highest BCUT2D eigenvalue weighted by Crippen LogP contribution is 2.40. The van der Waals surface area contributed by atoms with Crippen molar-refractivity contribution in [2.45, 2.75) is 55.9 Å². The number of thioether (sulfide) groups is 1. The Hall–Kier alpha value is -0.220. The van der Waals surface area contributed by atoms with E-state index in [0.29, 0.717) is 0 Å². The summed E-state index contributed by atoms with van der Waals surface area (Å²) >= 11 is 1.83. The summed E-state index contributed by atoms with van der Waals surface area (Å²) in [5, 5.41) is 12.3. The van der Waals surface area contributed by atoms with E-state index in [1.165, 1.54) is 32.1 Å². The number of carboxylic acid groups (broad SMARTS) is 1. The first-order chi connectivity index (χ1) is 7.22. The van der Waals surface area contributed by atoms with Gasteiger partial charge in [0, 0.05) is 5.75 Å². The van der Waals surface area contributed by atoms with E-state index in [1.807, 2.05) is 11.8 Å². The summed E-state index contributed by atoms with van der Waals surface area (Å²) in [6.45, 7) is 0. The Morgan fingerprint density at radius 2 is 1.80 bits per heavy atom. The Balaban J connectivity index is 1.96. The van der Waals surface area contributed by atoms with Crippen molar-refractivity contribution in [1.82, 2.24) is 5.32 Å². The number of aliphatic carboxylic acids is 1. The van der Waals surface area contributed by atoms with Gasteiger partial charge in [-0.3, -0.25) is 10.1 Å². The number of carbonyl (C=O) groups is 1. The van der Waals surface area contributed by atoms with Crippen molar-refractivity contribution in [3.8, 4) is 0 Å². The van der Waals surface area contributed by atoms with Crippen LogP contribution in [0.4, 0.5) is 0 Å². The first-order valence-electron chi connectivity index (χ1n) is 5.86. The Morgan fingerprint density at radius 1 is 1.20 bits per heavy atom. The van der Waals surface area contributed by atoms with E-state index in [4.69, 9.17) is 5.11 Å². The van der Waals surface area contributed by atoms with E-state index in [0.717, 1.165) is 18.6 Å². The molecule has 1 spiro atoms. The van der Waals surface area contributed by atoms with Crippen LogP contribution in [0, 0.1) is 0 Å². The molecular formula is C11H19NO2S. The Bertz CT molecular complexity index is 237. The van der Waals surface area contributed by atoms with E-state index >= 15 is 0 Å². The van der Waals surface area contributed by atoms with Crippen LogP contribution in [-0.2, 0) is 4.79 Å². The summed E-state index contributed by atoms with van der Waals surface area (Å²) in [7, 11) is 0. The van der Waals surface area contributed by atoms with E-state index < -0.39 is 5.97 Å². The van der Waals surface area contributed by atoms with Crippen molar-refractivity contribution in [2.24, 2.45) is 0 Å². The van der Waals surface area contributed by atoms with Gasteiger partial charge in [-0.15, -0.1) is 11.8 Å². The molecule has 2 fully saturated rings. The van der Waals surface area contributed by atoms with Gasteiger partial charge in [0.25, 0.3) is 0 Å². The topological polar surface area (TPSA) is 49.3 Å². The third-order valence-corrected chi connectivity index (χ3v) is 5.00. The molecule has 15 heavy (non-hydrogen) atoms. The van der Waals surface area contributed by atoms with Crippen LogP contribution in [0.15, 0.2) is 0 Å². The molecule has 1 saturated heterocycles. The molecule has 0 aromatic rings. The second kappa shape index (κ2) is 4.74. The molecule has 4 heteroatoms. The van der Waals surface area contributed by atoms with E-state index in [2.05, 4.69) is 5.32 Å². The van der Waals surface area contributed by atoms with E-state index in [-0.39, 0.29) is 10.9 Å². The quantitative estimate of drug-likeness (QED) is 0.724. The largest absolute Gasteiger partial charge is 0.480 e. The number of hydrogen-bond donors (Lipinski definition) is 2. The van der Waals surface area contributed by atoms with E-state index in [9.17, 15) is 4.79 Å². The summed E-state index contributed by atoms with van der Waals surface area (Å²) in [5.74, 6) is 0.0384. The van der Waals surface area contributed by atoms with Crippen LogP contribution in [-0.4, -0.2) is 27.7 Å². The van der Waals surface area contributed by atoms with Crippen molar-refractivity contribution < 1.29 is 9.90 Å². The average Bonchev–Trinajstić information content (AvgIpc) is 2.57. The SMILES string of the molecule is O=C(O)[C@@H]1CSC2(CCCCCCC2)N1. The van der Waals surface area contributed by atoms with Gasteiger partial charge in [0.2, 0.25) is 0 Å². The first kappa shape index (κ1) is 11.3. The van der Waals surface area contributed by atoms with Crippen molar-refractivity contribution in [2.75, 3.05) is 5.75 Å². The van der Waals surface area contributed by atoms with Gasteiger partial charge in [-0.25, -0.2) is 0 Å². The Labute approximate surface area is 95.0 Å². The van der Waals surface area contributed by atoms with Gasteiger partial charge in [0.15, 0.2) is 0 Å². The summed E-state index contributed by atoms with van der Waals surface area (Å²) in [4.78, 5) is 11.0. The number of rotatable bonds is 1. The van der Waals surface area contributed by atoms with Gasteiger partial charge >= 0.3 is 5.97 Å². The smallest absolute Gasteiger partial charge is 0.321 e. The molecule has 0 bridgehead atoms. The highest BCUT2D eigenvalue weighted by atomic mass is 32.2. The second-order valence-corrected chi connectivity index (χ2v) is 6.01. The maximum absolute atomic E-state index is 10.9. The summed E-state index contributed by atoms with van der Waals surface area (Å²) in [5.41, 5.74) is 0. The van der Waals surface area contributed by atoms with Crippen LogP contribution in [0.1, 0.15) is 44.9 Å². The number of hydrogen-bond acceptors (Lipinski definition) is 3. The molecular weight excluding hydrogens is 210 g/mol. The minimum Gasteiger partial charge on any atom is -0.480 e. The van der Waals surface area contributed by atoms with Crippen molar-refractivity contribution in [3.05, 3.63) is 0 Å². The predicted octanol–water partition coefficient (Wildman–Crippen LogP) is 2.22. The second-order valence-electron chi connectivity index (χ2n) is 4.61. The van der Waals surface area contributed by atoms with Crippen molar-refractivity contribution in [1.29, 1.82) is 0 Å². The fraction of sp³-hybridized carbons (Fsp3) is 0.909. The van der Waals surface area contributed by atoms with Gasteiger partial charge in [-0.2, -0.15) is 0 Å². The third-order valence-electron chi connectivity index (χ3n) is 3.42. The molecule has 2 N–H and O–H groups in total. The molecule has 2 rings (SSSR count). The molecule has 86 valence electrons. The lowest BCUT2D eigenvalue weighted by molar-refractivity contribution is -0.138. The van der Waals surface area contributed by atoms with Gasteiger partial charge in [0.05, 0.1) is 4.87 Å². The zero-order valence-corrected chi connectivity index (χ0v) is 9.81. The van der Waals surface area contributed by atoms with Crippen LogP contribution in [0.5, 0.6) is 0 Å². The number of carboxylic acids is 1. The monoisotopic (exact) mass is 229 g/mol. The molecule has 1 saturated carbocycles. The summed E-state index contributed by atoms with van der Waals surface area (Å²) in [6.07, 6.45) is 8.73. The van der Waals surface area contributed by atoms with E-state index in [1.54, 1.807) is 0 Å². The standard InChI is InChI=1S/C11H19NO2S/c13-10(14)9-8-15-11(12-9)6-4-2-1-3-5-7-11/h9,12H,1-8H2,(H,13,14)/t9-/m0/s1. The Morgan fingerprint density at radius 3 is 2.33 bits per heavy atom. The lowest BCUT2D eigenvalue weighted by Gasteiger charge is -2.31. The predicted molar refractivity (Wildman–Crippen MR) is 62.1 cm³/mol. The van der Waals surface area contributed by atoms with Crippen LogP contribution < -0.4 is 5.32 Å². The van der Waals surface area contributed by atoms with Crippen LogP contribution in [0.3, 0.4) is 0 Å². The lowest BCUT2D eigenvalue weighted by atomic mass is 9.95. The minimum absolute atomic E-state index is 0.0868. The van der Waals surface area contributed by atoms with Gasteiger partial charge in [-0.05, 0) is 12.8 Å². The van der Waals surface area contributed by atoms with Crippen molar-refractivity contribution in [3.63, 3.8) is 0 Å². The maximum atomic E-state index is 10.9. The molecule has 1 aliphatic heterocycles. The fourth-order valence-corrected chi connectivity index (χ4v) is 4.06. The normalized spacial score (nSPS) is 31.1. The summed E-state index contributed by atoms with van der Waals surface area (Å²) in [6, 6.07) is -0.325. The molecule has 2 aliphatic rings. The van der Waals surface area contributed by atoms with Gasteiger partial charge in [-0.1, -0.05) is 32.1 Å². The zero-order chi connectivity index (χ0) is 10.7. The van der Waals surface area contributed by atoms with Gasteiger partial charge < -0.3 is 5.11 Å². The molecule has 1 heterocycles. The molecule has 0 amide bonds. The number of nitrogens with one attached hydrogen (secondary N) is 1. The Kier molecular flexibility index (Phi) is 3.57. The maximum Gasteiger partial charge on any atom is 0.321 e. The van der Waals surface area contributed by atoms with Gasteiger partial charge in [0.1, 0.15) is 6.04 Å². The highest BCUT2D eigenvalue weighted by molar-refractivity contribution is 8.00. The first-order valence-corrected chi connectivity index (χ1v) is 6.85. The molecule has 1 atom stereocenters. The molecule has 0 aromatic heterocycles. The molecule has 0 radical (unpaired) electrons. The van der Waals surface area contributed by atoms with Crippen molar-refractivity contribution >= 4 is 17.7 Å². The third kappa shape index (κ3) is 2.67. The fourth-order valence-electron chi connectivity index (χ4n) is 2.54. The molecule has 0 aromatic carbocycles.